The van der Waals surface area contributed by atoms with E-state index in [1.54, 1.807) is 14.2 Å². The van der Waals surface area contributed by atoms with Gasteiger partial charge in [-0.2, -0.15) is 0 Å². The molecule has 21 heavy (non-hydrogen) atoms. The maximum absolute atomic E-state index is 6.39. The van der Waals surface area contributed by atoms with E-state index in [2.05, 4.69) is 11.8 Å². The fourth-order valence-electron chi connectivity index (χ4n) is 2.97. The third kappa shape index (κ3) is 4.35. The van der Waals surface area contributed by atoms with Crippen molar-refractivity contribution in [3.8, 4) is 11.5 Å². The molecule has 0 spiro atoms. The molecule has 4 heteroatoms. The lowest BCUT2D eigenvalue weighted by Crippen LogP contribution is -2.33. The highest BCUT2D eigenvalue weighted by Gasteiger charge is 2.18. The van der Waals surface area contributed by atoms with Crippen molar-refractivity contribution in [2.75, 3.05) is 33.9 Å². The molecule has 1 aromatic rings. The fourth-order valence-corrected chi connectivity index (χ4v) is 2.97. The zero-order valence-electron chi connectivity index (χ0n) is 13.5. The number of ether oxygens (including phenoxy) is 2. The van der Waals surface area contributed by atoms with Crippen LogP contribution in [0.2, 0.25) is 0 Å². The lowest BCUT2D eigenvalue weighted by molar-refractivity contribution is 0.264. The smallest absolute Gasteiger partial charge is 0.161 e. The highest BCUT2D eigenvalue weighted by atomic mass is 16.5. The van der Waals surface area contributed by atoms with Crippen molar-refractivity contribution in [2.24, 2.45) is 11.7 Å². The molecule has 1 fully saturated rings. The quantitative estimate of drug-likeness (QED) is 0.906. The molecule has 2 unspecified atom stereocenters. The van der Waals surface area contributed by atoms with Gasteiger partial charge in [-0.15, -0.1) is 0 Å². The van der Waals surface area contributed by atoms with Gasteiger partial charge in [0, 0.05) is 12.6 Å². The second kappa shape index (κ2) is 7.66. The monoisotopic (exact) mass is 292 g/mol. The Labute approximate surface area is 128 Å². The van der Waals surface area contributed by atoms with Gasteiger partial charge in [0.2, 0.25) is 0 Å². The second-order valence-corrected chi connectivity index (χ2v) is 6.06. The molecule has 0 aliphatic carbocycles. The average molecular weight is 292 g/mol. The molecule has 1 heterocycles. The molecule has 0 aromatic heterocycles. The Hall–Kier alpha value is -1.26. The number of hydrogen-bond acceptors (Lipinski definition) is 4. The number of hydrogen-bond donors (Lipinski definition) is 1. The van der Waals surface area contributed by atoms with E-state index in [0.29, 0.717) is 0 Å². The van der Waals surface area contributed by atoms with Gasteiger partial charge in [-0.05, 0) is 56.0 Å². The summed E-state index contributed by atoms with van der Waals surface area (Å²) in [6, 6.07) is 5.97. The van der Waals surface area contributed by atoms with Gasteiger partial charge < -0.3 is 20.1 Å². The first-order valence-corrected chi connectivity index (χ1v) is 7.84. The van der Waals surface area contributed by atoms with Gasteiger partial charge in [0.05, 0.1) is 14.2 Å². The van der Waals surface area contributed by atoms with Crippen LogP contribution in [0.1, 0.15) is 37.8 Å². The van der Waals surface area contributed by atoms with E-state index in [0.717, 1.165) is 42.6 Å². The zero-order chi connectivity index (χ0) is 15.2. The number of likely N-dealkylation sites (tertiary alicyclic amines) is 1. The molecule has 0 bridgehead atoms. The van der Waals surface area contributed by atoms with E-state index < -0.39 is 0 Å². The molecule has 0 saturated carbocycles. The molecule has 2 N–H and O–H groups in total. The molecule has 1 aromatic carbocycles. The normalized spacial score (nSPS) is 21.6. The Balaban J connectivity index is 2.00. The predicted molar refractivity (Wildman–Crippen MR) is 85.9 cm³/mol. The molecule has 1 saturated heterocycles. The van der Waals surface area contributed by atoms with Gasteiger partial charge in [-0.25, -0.2) is 0 Å². The van der Waals surface area contributed by atoms with E-state index in [4.69, 9.17) is 15.2 Å². The maximum atomic E-state index is 6.39. The molecule has 2 atom stereocenters. The largest absolute Gasteiger partial charge is 0.493 e. The summed E-state index contributed by atoms with van der Waals surface area (Å²) in [5.74, 6) is 2.33. The van der Waals surface area contributed by atoms with Crippen molar-refractivity contribution in [2.45, 2.75) is 32.2 Å². The maximum Gasteiger partial charge on any atom is 0.161 e. The summed E-state index contributed by atoms with van der Waals surface area (Å²) in [4.78, 5) is 2.49. The average Bonchev–Trinajstić information content (AvgIpc) is 2.71. The van der Waals surface area contributed by atoms with Crippen molar-refractivity contribution < 1.29 is 9.47 Å². The number of benzene rings is 1. The minimum Gasteiger partial charge on any atom is -0.493 e. The molecule has 0 radical (unpaired) electrons. The van der Waals surface area contributed by atoms with E-state index in [1.807, 2.05) is 18.2 Å². The Morgan fingerprint density at radius 3 is 2.67 bits per heavy atom. The Bertz CT molecular complexity index is 450. The van der Waals surface area contributed by atoms with Crippen molar-refractivity contribution in [3.05, 3.63) is 23.8 Å². The topological polar surface area (TPSA) is 47.7 Å². The second-order valence-electron chi connectivity index (χ2n) is 6.06. The first-order chi connectivity index (χ1) is 10.1. The minimum atomic E-state index is 0.0122. The van der Waals surface area contributed by atoms with Crippen LogP contribution < -0.4 is 15.2 Å². The van der Waals surface area contributed by atoms with Crippen molar-refractivity contribution in [1.82, 2.24) is 4.90 Å². The third-order valence-corrected chi connectivity index (χ3v) is 4.40. The van der Waals surface area contributed by atoms with E-state index in [1.165, 1.54) is 19.3 Å². The zero-order valence-corrected chi connectivity index (χ0v) is 13.5. The van der Waals surface area contributed by atoms with Crippen molar-refractivity contribution in [1.29, 1.82) is 0 Å². The van der Waals surface area contributed by atoms with Crippen LogP contribution in [0.3, 0.4) is 0 Å². The number of methoxy groups -OCH3 is 2. The van der Waals surface area contributed by atoms with Crippen LogP contribution in [0.5, 0.6) is 11.5 Å². The van der Waals surface area contributed by atoms with Crippen LogP contribution >= 0.6 is 0 Å². The fraction of sp³-hybridized carbons (Fsp3) is 0.647. The SMILES string of the molecule is COc1ccc(C(N)CN2CCCC(C)CC2)cc1OC. The summed E-state index contributed by atoms with van der Waals surface area (Å²) in [6.07, 6.45) is 3.89. The van der Waals surface area contributed by atoms with Crippen molar-refractivity contribution >= 4 is 0 Å². The Morgan fingerprint density at radius 1 is 1.19 bits per heavy atom. The first-order valence-electron chi connectivity index (χ1n) is 7.84. The molecule has 118 valence electrons. The van der Waals surface area contributed by atoms with E-state index >= 15 is 0 Å². The van der Waals surface area contributed by atoms with Gasteiger partial charge in [0.1, 0.15) is 0 Å². The highest BCUT2D eigenvalue weighted by Crippen LogP contribution is 2.30. The van der Waals surface area contributed by atoms with E-state index in [-0.39, 0.29) is 6.04 Å². The summed E-state index contributed by atoms with van der Waals surface area (Å²) in [6.45, 7) is 5.56. The molecule has 2 rings (SSSR count). The standard InChI is InChI=1S/C17H28N2O2/c1-13-5-4-9-19(10-8-13)12-15(18)14-6-7-16(20-2)17(11-14)21-3/h6-7,11,13,15H,4-5,8-10,12,18H2,1-3H3. The predicted octanol–water partition coefficient (Wildman–Crippen LogP) is 2.83. The molecular formula is C17H28N2O2. The van der Waals surface area contributed by atoms with Gasteiger partial charge in [0.25, 0.3) is 0 Å². The van der Waals surface area contributed by atoms with Crippen LogP contribution in [-0.2, 0) is 0 Å². The van der Waals surface area contributed by atoms with Crippen LogP contribution in [0.25, 0.3) is 0 Å². The minimum absolute atomic E-state index is 0.0122. The number of nitrogens with zero attached hydrogens (tertiary/aromatic N) is 1. The van der Waals surface area contributed by atoms with Gasteiger partial charge in [-0.3, -0.25) is 0 Å². The van der Waals surface area contributed by atoms with Gasteiger partial charge in [-0.1, -0.05) is 13.0 Å². The number of rotatable bonds is 5. The van der Waals surface area contributed by atoms with Crippen LogP contribution in [0.15, 0.2) is 18.2 Å². The molecule has 1 aliphatic heterocycles. The Morgan fingerprint density at radius 2 is 1.95 bits per heavy atom. The summed E-state index contributed by atoms with van der Waals surface area (Å²) in [5.41, 5.74) is 7.49. The third-order valence-electron chi connectivity index (χ3n) is 4.40. The van der Waals surface area contributed by atoms with Crippen LogP contribution in [-0.4, -0.2) is 38.8 Å². The summed E-state index contributed by atoms with van der Waals surface area (Å²) in [5, 5.41) is 0. The molecule has 0 amide bonds. The van der Waals surface area contributed by atoms with Crippen LogP contribution in [0.4, 0.5) is 0 Å². The van der Waals surface area contributed by atoms with Gasteiger partial charge in [0.15, 0.2) is 11.5 Å². The Kier molecular flexibility index (Phi) is 5.88. The summed E-state index contributed by atoms with van der Waals surface area (Å²) in [7, 11) is 3.30. The van der Waals surface area contributed by atoms with Crippen molar-refractivity contribution in [3.63, 3.8) is 0 Å². The lowest BCUT2D eigenvalue weighted by Gasteiger charge is -2.24. The summed E-state index contributed by atoms with van der Waals surface area (Å²) < 4.78 is 10.6. The highest BCUT2D eigenvalue weighted by molar-refractivity contribution is 5.43. The first kappa shape index (κ1) is 16.1. The van der Waals surface area contributed by atoms with Gasteiger partial charge >= 0.3 is 0 Å². The molecular weight excluding hydrogens is 264 g/mol. The van der Waals surface area contributed by atoms with Crippen LogP contribution in [0, 0.1) is 5.92 Å². The van der Waals surface area contributed by atoms with E-state index in [9.17, 15) is 0 Å². The lowest BCUT2D eigenvalue weighted by atomic mass is 10.0. The summed E-state index contributed by atoms with van der Waals surface area (Å²) >= 11 is 0. The molecule has 4 nitrogen and oxygen atoms in total. The number of nitrogens with two attached hydrogens (primary N) is 1. The molecule has 1 aliphatic rings.